The van der Waals surface area contributed by atoms with E-state index in [9.17, 15) is 4.79 Å². The van der Waals surface area contributed by atoms with Gasteiger partial charge < -0.3 is 5.32 Å². The molecule has 0 aliphatic rings. The predicted molar refractivity (Wildman–Crippen MR) is 76.2 cm³/mol. The fourth-order valence-electron chi connectivity index (χ4n) is 2.15. The number of aryl methyl sites for hydroxylation is 1. The number of H-pyrrole nitrogens is 1. The summed E-state index contributed by atoms with van der Waals surface area (Å²) in [7, 11) is 0. The van der Waals surface area contributed by atoms with Crippen molar-refractivity contribution >= 4 is 16.7 Å². The molecule has 0 fully saturated rings. The second-order valence-corrected chi connectivity index (χ2v) is 4.57. The molecule has 3 rings (SSSR count). The fourth-order valence-corrected chi connectivity index (χ4v) is 2.15. The molecule has 5 heteroatoms. The molecule has 0 aliphatic carbocycles. The summed E-state index contributed by atoms with van der Waals surface area (Å²) in [4.78, 5) is 15.9. The van der Waals surface area contributed by atoms with Gasteiger partial charge in [-0.1, -0.05) is 42.5 Å². The Kier molecular flexibility index (Phi) is 3.16. The SMILES string of the molecule is Cc1nc(C(=O)NCc2cccc3ccccc23)n[nH]1. The Hall–Kier alpha value is -2.69. The van der Waals surface area contributed by atoms with Crippen LogP contribution in [0.1, 0.15) is 22.0 Å². The van der Waals surface area contributed by atoms with E-state index in [-0.39, 0.29) is 11.7 Å². The summed E-state index contributed by atoms with van der Waals surface area (Å²) in [5.41, 5.74) is 1.07. The van der Waals surface area contributed by atoms with Crippen molar-refractivity contribution in [3.05, 3.63) is 59.7 Å². The second kappa shape index (κ2) is 5.13. The van der Waals surface area contributed by atoms with Crippen LogP contribution in [0, 0.1) is 6.92 Å². The Balaban J connectivity index is 1.79. The minimum atomic E-state index is -0.276. The highest BCUT2D eigenvalue weighted by Crippen LogP contribution is 2.18. The maximum absolute atomic E-state index is 11.9. The molecule has 0 saturated carbocycles. The zero-order chi connectivity index (χ0) is 13.9. The quantitative estimate of drug-likeness (QED) is 0.763. The number of benzene rings is 2. The van der Waals surface area contributed by atoms with Gasteiger partial charge in [-0.3, -0.25) is 9.89 Å². The largest absolute Gasteiger partial charge is 0.345 e. The number of aromatic amines is 1. The molecule has 5 nitrogen and oxygen atoms in total. The van der Waals surface area contributed by atoms with Crippen LogP contribution in [0.2, 0.25) is 0 Å². The molecule has 0 saturated heterocycles. The molecule has 3 aromatic rings. The van der Waals surface area contributed by atoms with E-state index in [0.717, 1.165) is 16.3 Å². The van der Waals surface area contributed by atoms with Gasteiger partial charge in [-0.15, -0.1) is 5.10 Å². The van der Waals surface area contributed by atoms with Crippen molar-refractivity contribution in [3.63, 3.8) is 0 Å². The van der Waals surface area contributed by atoms with E-state index in [1.54, 1.807) is 6.92 Å². The molecule has 2 N–H and O–H groups in total. The second-order valence-electron chi connectivity index (χ2n) is 4.57. The standard InChI is InChI=1S/C15H14N4O/c1-10-17-14(19-18-10)15(20)16-9-12-7-4-6-11-5-2-3-8-13(11)12/h2-8H,9H2,1H3,(H,16,20)(H,17,18,19). The minimum Gasteiger partial charge on any atom is -0.345 e. The maximum atomic E-state index is 11.9. The molecule has 100 valence electrons. The summed E-state index contributed by atoms with van der Waals surface area (Å²) in [6, 6.07) is 14.1. The zero-order valence-corrected chi connectivity index (χ0v) is 11.1. The number of rotatable bonds is 3. The van der Waals surface area contributed by atoms with Crippen molar-refractivity contribution in [2.75, 3.05) is 0 Å². The van der Waals surface area contributed by atoms with Crippen molar-refractivity contribution < 1.29 is 4.79 Å². The van der Waals surface area contributed by atoms with Crippen LogP contribution in [0.4, 0.5) is 0 Å². The topological polar surface area (TPSA) is 70.7 Å². The first-order chi connectivity index (χ1) is 9.74. The third-order valence-corrected chi connectivity index (χ3v) is 3.12. The average molecular weight is 266 g/mol. The molecule has 1 amide bonds. The van der Waals surface area contributed by atoms with Crippen LogP contribution >= 0.6 is 0 Å². The van der Waals surface area contributed by atoms with Gasteiger partial charge in [-0.2, -0.15) is 0 Å². The summed E-state index contributed by atoms with van der Waals surface area (Å²) < 4.78 is 0. The number of aromatic nitrogens is 3. The molecule has 1 heterocycles. The van der Waals surface area contributed by atoms with E-state index in [4.69, 9.17) is 0 Å². The third kappa shape index (κ3) is 2.38. The normalized spacial score (nSPS) is 10.7. The van der Waals surface area contributed by atoms with Gasteiger partial charge >= 0.3 is 0 Å². The first-order valence-corrected chi connectivity index (χ1v) is 6.38. The molecule has 0 bridgehead atoms. The summed E-state index contributed by atoms with van der Waals surface area (Å²) >= 11 is 0. The number of hydrogen-bond donors (Lipinski definition) is 2. The number of carbonyl (C=O) groups is 1. The fraction of sp³-hybridized carbons (Fsp3) is 0.133. The van der Waals surface area contributed by atoms with E-state index in [1.165, 1.54) is 0 Å². The molecule has 0 spiro atoms. The molecule has 1 aromatic heterocycles. The lowest BCUT2D eigenvalue weighted by Gasteiger charge is -2.07. The lowest BCUT2D eigenvalue weighted by Crippen LogP contribution is -2.24. The van der Waals surface area contributed by atoms with Gasteiger partial charge in [0.25, 0.3) is 5.91 Å². The van der Waals surface area contributed by atoms with Gasteiger partial charge in [0.05, 0.1) is 0 Å². The van der Waals surface area contributed by atoms with Crippen molar-refractivity contribution in [1.29, 1.82) is 0 Å². The van der Waals surface area contributed by atoms with Gasteiger partial charge in [0, 0.05) is 6.54 Å². The molecule has 2 aromatic carbocycles. The maximum Gasteiger partial charge on any atom is 0.291 e. The molecule has 0 atom stereocenters. The molecule has 0 aliphatic heterocycles. The van der Waals surface area contributed by atoms with E-state index < -0.39 is 0 Å². The molecule has 0 radical (unpaired) electrons. The zero-order valence-electron chi connectivity index (χ0n) is 11.1. The van der Waals surface area contributed by atoms with Crippen LogP contribution in [0.15, 0.2) is 42.5 Å². The van der Waals surface area contributed by atoms with Crippen molar-refractivity contribution in [1.82, 2.24) is 20.5 Å². The number of fused-ring (bicyclic) bond motifs is 1. The highest BCUT2D eigenvalue weighted by Gasteiger charge is 2.11. The van der Waals surface area contributed by atoms with E-state index >= 15 is 0 Å². The number of amides is 1. The molecule has 20 heavy (non-hydrogen) atoms. The van der Waals surface area contributed by atoms with Crippen LogP contribution in [-0.4, -0.2) is 21.1 Å². The molecular weight excluding hydrogens is 252 g/mol. The van der Waals surface area contributed by atoms with Gasteiger partial charge in [0.1, 0.15) is 5.82 Å². The van der Waals surface area contributed by atoms with Gasteiger partial charge in [-0.25, -0.2) is 4.98 Å². The average Bonchev–Trinajstić information content (AvgIpc) is 2.91. The summed E-state index contributed by atoms with van der Waals surface area (Å²) in [5, 5.41) is 11.6. The molecular formula is C15H14N4O. The van der Waals surface area contributed by atoms with Crippen LogP contribution < -0.4 is 5.32 Å². The summed E-state index contributed by atoms with van der Waals surface area (Å²) in [5.74, 6) is 0.519. The van der Waals surface area contributed by atoms with Crippen molar-refractivity contribution in [2.24, 2.45) is 0 Å². The van der Waals surface area contributed by atoms with Crippen molar-refractivity contribution in [2.45, 2.75) is 13.5 Å². The number of nitrogens with zero attached hydrogens (tertiary/aromatic N) is 2. The Morgan fingerprint density at radius 1 is 1.20 bits per heavy atom. The Morgan fingerprint density at radius 3 is 2.80 bits per heavy atom. The first-order valence-electron chi connectivity index (χ1n) is 6.38. The summed E-state index contributed by atoms with van der Waals surface area (Å²) in [6.07, 6.45) is 0. The lowest BCUT2D eigenvalue weighted by atomic mass is 10.0. The molecule has 0 unspecified atom stereocenters. The van der Waals surface area contributed by atoms with E-state index in [1.807, 2.05) is 30.3 Å². The van der Waals surface area contributed by atoms with E-state index in [2.05, 4.69) is 32.6 Å². The monoisotopic (exact) mass is 266 g/mol. The van der Waals surface area contributed by atoms with E-state index in [0.29, 0.717) is 12.4 Å². The van der Waals surface area contributed by atoms with Gasteiger partial charge in [0.15, 0.2) is 0 Å². The number of hydrogen-bond acceptors (Lipinski definition) is 3. The first kappa shape index (κ1) is 12.3. The predicted octanol–water partition coefficient (Wildman–Crippen LogP) is 2.20. The summed E-state index contributed by atoms with van der Waals surface area (Å²) in [6.45, 7) is 2.21. The highest BCUT2D eigenvalue weighted by molar-refractivity contribution is 5.91. The van der Waals surface area contributed by atoms with Crippen molar-refractivity contribution in [3.8, 4) is 0 Å². The third-order valence-electron chi connectivity index (χ3n) is 3.12. The Labute approximate surface area is 116 Å². The number of carbonyl (C=O) groups excluding carboxylic acids is 1. The van der Waals surface area contributed by atoms with Crippen LogP contribution in [0.25, 0.3) is 10.8 Å². The Morgan fingerprint density at radius 2 is 2.00 bits per heavy atom. The number of nitrogens with one attached hydrogen (secondary N) is 2. The lowest BCUT2D eigenvalue weighted by molar-refractivity contribution is 0.0941. The van der Waals surface area contributed by atoms with Crippen LogP contribution in [0.5, 0.6) is 0 Å². The smallest absolute Gasteiger partial charge is 0.291 e. The van der Waals surface area contributed by atoms with Gasteiger partial charge in [0.2, 0.25) is 5.82 Å². The van der Waals surface area contributed by atoms with Crippen LogP contribution in [-0.2, 0) is 6.54 Å². The van der Waals surface area contributed by atoms with Crippen LogP contribution in [0.3, 0.4) is 0 Å². The van der Waals surface area contributed by atoms with Gasteiger partial charge in [-0.05, 0) is 23.3 Å². The minimum absolute atomic E-state index is 0.169. The highest BCUT2D eigenvalue weighted by atomic mass is 16.2. The Bertz CT molecular complexity index is 758.